The Morgan fingerprint density at radius 2 is 1.97 bits per heavy atom. The van der Waals surface area contributed by atoms with Gasteiger partial charge >= 0.3 is 0 Å². The summed E-state index contributed by atoms with van der Waals surface area (Å²) in [5.74, 6) is -0.0371. The van der Waals surface area contributed by atoms with Gasteiger partial charge in [0.25, 0.3) is 11.8 Å². The van der Waals surface area contributed by atoms with Crippen LogP contribution >= 0.6 is 23.2 Å². The van der Waals surface area contributed by atoms with Crippen molar-refractivity contribution < 1.29 is 28.6 Å². The molecule has 4 N–H and O–H groups in total. The fourth-order valence-electron chi connectivity index (χ4n) is 5.64. The molecule has 0 spiro atoms. The van der Waals surface area contributed by atoms with E-state index in [1.165, 1.54) is 12.1 Å². The molecule has 3 fully saturated rings. The number of aliphatic hydroxyl groups is 1. The average Bonchev–Trinajstić information content (AvgIpc) is 3.36. The maximum Gasteiger partial charge on any atom is 0.261 e. The summed E-state index contributed by atoms with van der Waals surface area (Å²) in [6.45, 7) is 0.114. The van der Waals surface area contributed by atoms with Gasteiger partial charge in [-0.15, -0.1) is 0 Å². The van der Waals surface area contributed by atoms with Crippen LogP contribution in [0.25, 0.3) is 0 Å². The van der Waals surface area contributed by atoms with Crippen molar-refractivity contribution in [2.24, 2.45) is 5.92 Å². The number of rotatable bonds is 9. The number of amides is 2. The van der Waals surface area contributed by atoms with Crippen LogP contribution in [-0.4, -0.2) is 54.4 Å². The lowest BCUT2D eigenvalue weighted by Crippen LogP contribution is -2.56. The Labute approximate surface area is 223 Å². The first-order valence-electron chi connectivity index (χ1n) is 12.2. The van der Waals surface area contributed by atoms with Crippen LogP contribution in [0.15, 0.2) is 36.4 Å². The molecule has 2 bridgehead atoms. The highest BCUT2D eigenvalue weighted by atomic mass is 35.5. The third-order valence-corrected chi connectivity index (χ3v) is 7.88. The third kappa shape index (κ3) is 5.65. The quantitative estimate of drug-likeness (QED) is 0.381. The molecule has 2 amide bonds. The molecule has 198 valence electrons. The lowest BCUT2D eigenvalue weighted by atomic mass is 9.76. The van der Waals surface area contributed by atoms with Gasteiger partial charge in [0.05, 0.1) is 11.6 Å². The first-order valence-corrected chi connectivity index (χ1v) is 13.0. The molecule has 8 nitrogen and oxygen atoms in total. The number of aliphatic hydroxyl groups excluding tert-OH is 1. The summed E-state index contributed by atoms with van der Waals surface area (Å²) in [6, 6.07) is 9.04. The number of carbonyl (C=O) groups is 2. The number of hydrogen-bond acceptors (Lipinski definition) is 6. The Bertz CT molecular complexity index is 1190. The second kappa shape index (κ2) is 10.6. The molecule has 1 unspecified atom stereocenters. The van der Waals surface area contributed by atoms with Crippen molar-refractivity contribution in [1.82, 2.24) is 16.0 Å². The van der Waals surface area contributed by atoms with Gasteiger partial charge < -0.3 is 30.5 Å². The number of carbonyl (C=O) groups excluding carboxylic acids is 2. The molecule has 2 aromatic carbocycles. The van der Waals surface area contributed by atoms with E-state index >= 15 is 0 Å². The van der Waals surface area contributed by atoms with Crippen LogP contribution in [0.1, 0.15) is 37.3 Å². The zero-order valence-electron chi connectivity index (χ0n) is 19.9. The van der Waals surface area contributed by atoms with Crippen molar-refractivity contribution in [3.8, 4) is 11.5 Å². The van der Waals surface area contributed by atoms with Crippen molar-refractivity contribution in [2.75, 3.05) is 19.8 Å². The molecular formula is C26H28Cl2FN3O5. The van der Waals surface area contributed by atoms with E-state index in [9.17, 15) is 19.1 Å². The summed E-state index contributed by atoms with van der Waals surface area (Å²) in [5.41, 5.74) is 0.483. The number of hydrogen-bond donors (Lipinski definition) is 4. The SMILES string of the molecule is O=C(COc1ccc(Cl)c(F)c1)NC1CC2(NC(=O)[C@@H]3C[C@H](NCCO)c4cc(Cl)ccc4O3)CC1C2. The van der Waals surface area contributed by atoms with E-state index in [2.05, 4.69) is 16.0 Å². The maximum absolute atomic E-state index is 13.6. The van der Waals surface area contributed by atoms with E-state index in [-0.39, 0.29) is 59.3 Å². The highest BCUT2D eigenvalue weighted by molar-refractivity contribution is 6.31. The summed E-state index contributed by atoms with van der Waals surface area (Å²) in [6.07, 6.45) is 1.88. The molecule has 1 aliphatic heterocycles. The fourth-order valence-corrected chi connectivity index (χ4v) is 5.94. The molecule has 4 aliphatic rings. The molecule has 6 rings (SSSR count). The zero-order valence-corrected chi connectivity index (χ0v) is 21.4. The molecule has 0 radical (unpaired) electrons. The second-order valence-electron chi connectivity index (χ2n) is 9.94. The Kier molecular flexibility index (Phi) is 7.49. The molecule has 0 saturated heterocycles. The number of ether oxygens (including phenoxy) is 2. The van der Waals surface area contributed by atoms with Crippen molar-refractivity contribution in [3.05, 3.63) is 57.8 Å². The Balaban J connectivity index is 1.14. The van der Waals surface area contributed by atoms with Crippen LogP contribution in [0.4, 0.5) is 4.39 Å². The number of benzene rings is 2. The average molecular weight is 552 g/mol. The minimum atomic E-state index is -0.694. The molecule has 2 aromatic rings. The van der Waals surface area contributed by atoms with Gasteiger partial charge in [-0.3, -0.25) is 9.59 Å². The largest absolute Gasteiger partial charge is 0.484 e. The summed E-state index contributed by atoms with van der Waals surface area (Å²) in [7, 11) is 0. The summed E-state index contributed by atoms with van der Waals surface area (Å²) < 4.78 is 25.0. The van der Waals surface area contributed by atoms with E-state index in [4.69, 9.17) is 32.7 Å². The van der Waals surface area contributed by atoms with Crippen LogP contribution in [0.2, 0.25) is 10.0 Å². The van der Waals surface area contributed by atoms with Crippen molar-refractivity contribution in [2.45, 2.75) is 49.4 Å². The van der Waals surface area contributed by atoms with E-state index in [1.54, 1.807) is 12.1 Å². The second-order valence-corrected chi connectivity index (χ2v) is 10.8. The maximum atomic E-state index is 13.6. The molecule has 1 heterocycles. The summed E-state index contributed by atoms with van der Waals surface area (Å²) in [5, 5.41) is 19.2. The molecule has 37 heavy (non-hydrogen) atoms. The van der Waals surface area contributed by atoms with E-state index in [1.807, 2.05) is 6.07 Å². The number of halogens is 3. The van der Waals surface area contributed by atoms with Gasteiger partial charge in [0.1, 0.15) is 17.3 Å². The normalized spacial score (nSPS) is 27.5. The fraction of sp³-hybridized carbons (Fsp3) is 0.462. The first-order chi connectivity index (χ1) is 17.7. The lowest BCUT2D eigenvalue weighted by Gasteiger charge is -2.41. The standard InChI is InChI=1S/C26H28Cl2FN3O5/c27-15-1-4-22-17(7-15)20(30-5-6-33)9-23(37-22)25(35)32-26-10-14(11-26)21(12-26)31-24(34)13-36-16-2-3-18(28)19(29)8-16/h1-4,7-8,14,20-21,23,30,33H,5-6,9-13H2,(H,31,34)(H,32,35)/t14?,20-,21?,23-,26?/m0/s1. The first kappa shape index (κ1) is 26.0. The van der Waals surface area contributed by atoms with Crippen molar-refractivity contribution >= 4 is 35.0 Å². The Morgan fingerprint density at radius 1 is 1.16 bits per heavy atom. The Hall–Kier alpha value is -2.59. The zero-order chi connectivity index (χ0) is 26.2. The van der Waals surface area contributed by atoms with Gasteiger partial charge in [-0.2, -0.15) is 0 Å². The highest BCUT2D eigenvalue weighted by Crippen LogP contribution is 2.52. The van der Waals surface area contributed by atoms with Crippen LogP contribution in [0.5, 0.6) is 11.5 Å². The van der Waals surface area contributed by atoms with E-state index in [0.717, 1.165) is 24.5 Å². The topological polar surface area (TPSA) is 109 Å². The lowest BCUT2D eigenvalue weighted by molar-refractivity contribution is -0.132. The van der Waals surface area contributed by atoms with E-state index < -0.39 is 11.9 Å². The monoisotopic (exact) mass is 551 g/mol. The molecule has 3 atom stereocenters. The molecule has 11 heteroatoms. The molecular weight excluding hydrogens is 524 g/mol. The van der Waals surface area contributed by atoms with Gasteiger partial charge in [0.15, 0.2) is 12.7 Å². The minimum Gasteiger partial charge on any atom is -0.484 e. The van der Waals surface area contributed by atoms with Crippen LogP contribution < -0.4 is 25.4 Å². The molecule has 0 aromatic heterocycles. The summed E-state index contributed by atoms with van der Waals surface area (Å²) >= 11 is 11.8. The van der Waals surface area contributed by atoms with Crippen LogP contribution in [-0.2, 0) is 9.59 Å². The number of fused-ring (bicyclic) bond motifs is 2. The predicted molar refractivity (Wildman–Crippen MR) is 135 cm³/mol. The van der Waals surface area contributed by atoms with Crippen molar-refractivity contribution in [3.63, 3.8) is 0 Å². The van der Waals surface area contributed by atoms with Gasteiger partial charge in [0.2, 0.25) is 0 Å². The minimum absolute atomic E-state index is 0.0148. The van der Waals surface area contributed by atoms with E-state index in [0.29, 0.717) is 30.2 Å². The van der Waals surface area contributed by atoms with Crippen molar-refractivity contribution in [1.29, 1.82) is 0 Å². The third-order valence-electron chi connectivity index (χ3n) is 7.34. The molecule has 3 saturated carbocycles. The smallest absolute Gasteiger partial charge is 0.261 e. The van der Waals surface area contributed by atoms with Crippen LogP contribution in [0.3, 0.4) is 0 Å². The van der Waals surface area contributed by atoms with Gasteiger partial charge in [-0.25, -0.2) is 4.39 Å². The highest BCUT2D eigenvalue weighted by Gasteiger charge is 2.57. The molecule has 3 aliphatic carbocycles. The van der Waals surface area contributed by atoms with Crippen LogP contribution in [0, 0.1) is 11.7 Å². The predicted octanol–water partition coefficient (Wildman–Crippen LogP) is 3.14. The van der Waals surface area contributed by atoms with Gasteiger partial charge in [0, 0.05) is 47.2 Å². The van der Waals surface area contributed by atoms with Gasteiger partial charge in [-0.05, 0) is 55.5 Å². The van der Waals surface area contributed by atoms with Gasteiger partial charge in [-0.1, -0.05) is 23.2 Å². The Morgan fingerprint density at radius 3 is 2.73 bits per heavy atom. The summed E-state index contributed by atoms with van der Waals surface area (Å²) in [4.78, 5) is 25.7. The number of nitrogens with one attached hydrogen (secondary N) is 3.